The fourth-order valence-electron chi connectivity index (χ4n) is 2.48. The van der Waals surface area contributed by atoms with Gasteiger partial charge in [0.2, 0.25) is 16.9 Å². The standard InChI is InChI=1S/C18H14ClN5O2S/c19-13-5-3-6-14(11-13)20-16(25)12-27-18-22-21-17(15-7-4-10-26-15)24(18)23-8-1-2-9-23/h1-11H,12H2,(H,20,25). The van der Waals surface area contributed by atoms with Crippen LogP contribution in [-0.2, 0) is 4.79 Å². The van der Waals surface area contributed by atoms with Crippen LogP contribution >= 0.6 is 23.4 Å². The lowest BCUT2D eigenvalue weighted by atomic mass is 10.3. The summed E-state index contributed by atoms with van der Waals surface area (Å²) < 4.78 is 9.07. The third-order valence-electron chi connectivity index (χ3n) is 3.61. The second kappa shape index (κ2) is 7.73. The van der Waals surface area contributed by atoms with Crippen molar-refractivity contribution in [2.24, 2.45) is 0 Å². The molecular weight excluding hydrogens is 386 g/mol. The molecule has 0 spiro atoms. The van der Waals surface area contributed by atoms with Gasteiger partial charge in [-0.05, 0) is 42.5 Å². The Kier molecular flexibility index (Phi) is 4.99. The Morgan fingerprint density at radius 3 is 2.74 bits per heavy atom. The number of rotatable bonds is 6. The number of furan rings is 1. The van der Waals surface area contributed by atoms with Crippen LogP contribution in [0.2, 0.25) is 5.02 Å². The molecule has 0 aliphatic carbocycles. The van der Waals surface area contributed by atoms with Crippen LogP contribution in [0.1, 0.15) is 0 Å². The fraction of sp³-hybridized carbons (Fsp3) is 0.0556. The maximum Gasteiger partial charge on any atom is 0.234 e. The van der Waals surface area contributed by atoms with E-state index in [9.17, 15) is 4.79 Å². The van der Waals surface area contributed by atoms with Crippen LogP contribution in [0.4, 0.5) is 5.69 Å². The maximum atomic E-state index is 12.3. The van der Waals surface area contributed by atoms with Crippen molar-refractivity contribution in [1.82, 2.24) is 19.5 Å². The Bertz CT molecular complexity index is 1040. The van der Waals surface area contributed by atoms with Gasteiger partial charge in [-0.1, -0.05) is 29.4 Å². The van der Waals surface area contributed by atoms with Gasteiger partial charge in [0.15, 0.2) is 5.76 Å². The summed E-state index contributed by atoms with van der Waals surface area (Å²) in [5, 5.41) is 12.4. The molecule has 136 valence electrons. The number of thioether (sulfide) groups is 1. The lowest BCUT2D eigenvalue weighted by molar-refractivity contribution is -0.113. The first-order valence-electron chi connectivity index (χ1n) is 8.02. The van der Waals surface area contributed by atoms with E-state index in [0.29, 0.717) is 27.5 Å². The van der Waals surface area contributed by atoms with E-state index in [1.807, 2.05) is 35.3 Å². The molecule has 1 amide bonds. The maximum absolute atomic E-state index is 12.3. The van der Waals surface area contributed by atoms with Crippen molar-refractivity contribution in [2.45, 2.75) is 5.16 Å². The number of amides is 1. The zero-order valence-electron chi connectivity index (χ0n) is 13.9. The summed E-state index contributed by atoms with van der Waals surface area (Å²) in [7, 11) is 0. The van der Waals surface area contributed by atoms with E-state index in [1.165, 1.54) is 11.8 Å². The highest BCUT2D eigenvalue weighted by Gasteiger charge is 2.18. The van der Waals surface area contributed by atoms with Gasteiger partial charge in [0.05, 0.1) is 12.0 Å². The number of nitrogens with one attached hydrogen (secondary N) is 1. The smallest absolute Gasteiger partial charge is 0.234 e. The van der Waals surface area contributed by atoms with Crippen LogP contribution in [0.5, 0.6) is 0 Å². The number of carbonyl (C=O) groups is 1. The number of hydrogen-bond acceptors (Lipinski definition) is 5. The highest BCUT2D eigenvalue weighted by atomic mass is 35.5. The molecule has 0 radical (unpaired) electrons. The van der Waals surface area contributed by atoms with Gasteiger partial charge in [-0.15, -0.1) is 10.2 Å². The Hall–Kier alpha value is -2.97. The van der Waals surface area contributed by atoms with E-state index in [-0.39, 0.29) is 11.7 Å². The molecule has 3 heterocycles. The average molecular weight is 400 g/mol. The lowest BCUT2D eigenvalue weighted by Gasteiger charge is -2.10. The van der Waals surface area contributed by atoms with Crippen molar-refractivity contribution in [2.75, 3.05) is 11.1 Å². The van der Waals surface area contributed by atoms with E-state index >= 15 is 0 Å². The normalized spacial score (nSPS) is 10.9. The van der Waals surface area contributed by atoms with Crippen molar-refractivity contribution in [3.05, 3.63) is 72.2 Å². The summed E-state index contributed by atoms with van der Waals surface area (Å²) >= 11 is 7.22. The van der Waals surface area contributed by atoms with Crippen molar-refractivity contribution < 1.29 is 9.21 Å². The molecule has 9 heteroatoms. The van der Waals surface area contributed by atoms with E-state index < -0.39 is 0 Å². The number of aromatic nitrogens is 4. The van der Waals surface area contributed by atoms with Gasteiger partial charge in [-0.2, -0.15) is 0 Å². The molecule has 27 heavy (non-hydrogen) atoms. The first-order valence-corrected chi connectivity index (χ1v) is 9.38. The molecule has 0 aliphatic rings. The summed E-state index contributed by atoms with van der Waals surface area (Å²) in [4.78, 5) is 12.3. The summed E-state index contributed by atoms with van der Waals surface area (Å²) in [6.07, 6.45) is 5.31. The first kappa shape index (κ1) is 17.4. The topological polar surface area (TPSA) is 77.9 Å². The minimum Gasteiger partial charge on any atom is -0.461 e. The second-order valence-corrected chi connectivity index (χ2v) is 6.88. The highest BCUT2D eigenvalue weighted by molar-refractivity contribution is 7.99. The minimum atomic E-state index is -0.163. The Labute approximate surface area is 163 Å². The number of hydrogen-bond donors (Lipinski definition) is 1. The van der Waals surface area contributed by atoms with Crippen LogP contribution in [0, 0.1) is 0 Å². The van der Waals surface area contributed by atoms with Crippen LogP contribution < -0.4 is 5.32 Å². The Morgan fingerprint density at radius 1 is 1.15 bits per heavy atom. The van der Waals surface area contributed by atoms with E-state index in [0.717, 1.165) is 0 Å². The van der Waals surface area contributed by atoms with Crippen LogP contribution in [0.25, 0.3) is 11.6 Å². The molecule has 3 aromatic heterocycles. The molecule has 0 saturated carbocycles. The number of benzene rings is 1. The van der Waals surface area contributed by atoms with Crippen LogP contribution in [0.3, 0.4) is 0 Å². The van der Waals surface area contributed by atoms with E-state index in [2.05, 4.69) is 15.5 Å². The summed E-state index contributed by atoms with van der Waals surface area (Å²) in [6, 6.07) is 14.4. The largest absolute Gasteiger partial charge is 0.461 e. The zero-order chi connectivity index (χ0) is 18.6. The fourth-order valence-corrected chi connectivity index (χ4v) is 3.40. The SMILES string of the molecule is O=C(CSc1nnc(-c2ccco2)n1-n1cccc1)Nc1cccc(Cl)c1. The van der Waals surface area contributed by atoms with Gasteiger partial charge in [0, 0.05) is 23.1 Å². The van der Waals surface area contributed by atoms with Gasteiger partial charge in [0.25, 0.3) is 0 Å². The minimum absolute atomic E-state index is 0.163. The van der Waals surface area contributed by atoms with Crippen molar-refractivity contribution in [3.8, 4) is 11.6 Å². The predicted molar refractivity (Wildman–Crippen MR) is 104 cm³/mol. The third-order valence-corrected chi connectivity index (χ3v) is 4.77. The van der Waals surface area contributed by atoms with Gasteiger partial charge in [0.1, 0.15) is 0 Å². The number of anilines is 1. The summed E-state index contributed by atoms with van der Waals surface area (Å²) in [5.74, 6) is 1.15. The molecule has 4 aromatic rings. The Balaban J connectivity index is 1.53. The Morgan fingerprint density at radius 2 is 2.00 bits per heavy atom. The molecule has 0 aliphatic heterocycles. The van der Waals surface area contributed by atoms with Gasteiger partial charge < -0.3 is 9.73 Å². The quantitative estimate of drug-likeness (QED) is 0.495. The van der Waals surface area contributed by atoms with E-state index in [4.69, 9.17) is 16.0 Å². The molecule has 0 unspecified atom stereocenters. The third kappa shape index (κ3) is 3.91. The predicted octanol–water partition coefficient (Wildman–Crippen LogP) is 4.04. The number of carbonyl (C=O) groups excluding carboxylic acids is 1. The van der Waals surface area contributed by atoms with Crippen LogP contribution in [-0.4, -0.2) is 31.2 Å². The van der Waals surface area contributed by atoms with Crippen molar-refractivity contribution in [3.63, 3.8) is 0 Å². The van der Waals surface area contributed by atoms with Crippen molar-refractivity contribution >= 4 is 35.0 Å². The summed E-state index contributed by atoms with van der Waals surface area (Å²) in [5.41, 5.74) is 0.649. The van der Waals surface area contributed by atoms with Gasteiger partial charge in [-0.25, -0.2) is 4.68 Å². The number of nitrogens with zero attached hydrogens (tertiary/aromatic N) is 4. The molecule has 7 nitrogen and oxygen atoms in total. The molecule has 4 rings (SSSR count). The molecule has 0 fully saturated rings. The molecular formula is C18H14ClN5O2S. The monoisotopic (exact) mass is 399 g/mol. The molecule has 0 saturated heterocycles. The molecule has 0 bridgehead atoms. The van der Waals surface area contributed by atoms with Gasteiger partial charge in [-0.3, -0.25) is 9.47 Å². The average Bonchev–Trinajstić information content (AvgIpc) is 3.39. The van der Waals surface area contributed by atoms with Crippen molar-refractivity contribution in [1.29, 1.82) is 0 Å². The highest BCUT2D eigenvalue weighted by Crippen LogP contribution is 2.25. The second-order valence-electron chi connectivity index (χ2n) is 5.51. The lowest BCUT2D eigenvalue weighted by Crippen LogP contribution is -2.15. The van der Waals surface area contributed by atoms with E-state index in [1.54, 1.807) is 41.3 Å². The first-order chi connectivity index (χ1) is 13.2. The number of halogens is 1. The molecule has 1 aromatic carbocycles. The zero-order valence-corrected chi connectivity index (χ0v) is 15.5. The van der Waals surface area contributed by atoms with Gasteiger partial charge >= 0.3 is 0 Å². The molecule has 0 atom stereocenters. The summed E-state index contributed by atoms with van der Waals surface area (Å²) in [6.45, 7) is 0. The van der Waals surface area contributed by atoms with Crippen LogP contribution in [0.15, 0.2) is 76.8 Å². The molecule has 1 N–H and O–H groups in total.